The van der Waals surface area contributed by atoms with Gasteiger partial charge in [-0.15, -0.1) is 0 Å². The number of amides is 1. The van der Waals surface area contributed by atoms with Gasteiger partial charge in [-0.05, 0) is 36.4 Å². The molecule has 132 valence electrons. The van der Waals surface area contributed by atoms with E-state index in [1.165, 1.54) is 24.1 Å². The molecule has 0 bridgehead atoms. The Morgan fingerprint density at radius 2 is 1.88 bits per heavy atom. The molecule has 8 heteroatoms. The first kappa shape index (κ1) is 17.4. The Kier molecular flexibility index (Phi) is 4.73. The van der Waals surface area contributed by atoms with Crippen molar-refractivity contribution >= 4 is 21.6 Å². The lowest BCUT2D eigenvalue weighted by Gasteiger charge is -2.30. The Bertz CT molecular complexity index is 884. The molecule has 2 aromatic carbocycles. The van der Waals surface area contributed by atoms with Gasteiger partial charge in [-0.25, -0.2) is 12.8 Å². The number of fused-ring (bicyclic) bond motifs is 1. The van der Waals surface area contributed by atoms with E-state index < -0.39 is 15.8 Å². The first-order valence-corrected chi connectivity index (χ1v) is 9.08. The van der Waals surface area contributed by atoms with Crippen molar-refractivity contribution in [3.05, 3.63) is 54.3 Å². The molecule has 0 saturated heterocycles. The second kappa shape index (κ2) is 6.81. The van der Waals surface area contributed by atoms with Gasteiger partial charge in [-0.2, -0.15) is 4.31 Å². The van der Waals surface area contributed by atoms with Crippen molar-refractivity contribution in [1.82, 2.24) is 4.31 Å². The quantitative estimate of drug-likeness (QED) is 0.831. The van der Waals surface area contributed by atoms with Gasteiger partial charge >= 0.3 is 0 Å². The van der Waals surface area contributed by atoms with E-state index in [1.807, 2.05) is 0 Å². The highest BCUT2D eigenvalue weighted by Gasteiger charge is 2.28. The highest BCUT2D eigenvalue weighted by molar-refractivity contribution is 7.89. The second-order valence-corrected chi connectivity index (χ2v) is 7.62. The monoisotopic (exact) mass is 364 g/mol. The number of hydrogen-bond acceptors (Lipinski definition) is 4. The van der Waals surface area contributed by atoms with Crippen LogP contribution in [0.1, 0.15) is 0 Å². The van der Waals surface area contributed by atoms with E-state index in [1.54, 1.807) is 24.3 Å². The van der Waals surface area contributed by atoms with Gasteiger partial charge in [-0.1, -0.05) is 12.1 Å². The van der Waals surface area contributed by atoms with Crippen LogP contribution in [0.15, 0.2) is 53.4 Å². The molecule has 0 spiro atoms. The van der Waals surface area contributed by atoms with Crippen molar-refractivity contribution < 1.29 is 22.3 Å². The van der Waals surface area contributed by atoms with Gasteiger partial charge < -0.3 is 9.64 Å². The molecular formula is C17H17FN2O4S. The zero-order chi connectivity index (χ0) is 18.0. The lowest BCUT2D eigenvalue weighted by molar-refractivity contribution is -0.118. The summed E-state index contributed by atoms with van der Waals surface area (Å²) in [7, 11) is -2.56. The number of sulfonamides is 1. The van der Waals surface area contributed by atoms with Crippen LogP contribution in [0.4, 0.5) is 10.1 Å². The number of rotatable bonds is 4. The number of likely N-dealkylation sites (N-methyl/N-ethyl adjacent to an activating group) is 1. The molecule has 0 aliphatic carbocycles. The van der Waals surface area contributed by atoms with Crippen molar-refractivity contribution in [3.63, 3.8) is 0 Å². The summed E-state index contributed by atoms with van der Waals surface area (Å²) in [5.41, 5.74) is 0.617. The van der Waals surface area contributed by atoms with Gasteiger partial charge in [0.2, 0.25) is 15.9 Å². The number of nitrogens with zero attached hydrogens (tertiary/aromatic N) is 2. The van der Waals surface area contributed by atoms with Gasteiger partial charge in [0.05, 0.1) is 23.7 Å². The topological polar surface area (TPSA) is 66.9 Å². The molecule has 1 aliphatic rings. The minimum absolute atomic E-state index is 0.0634. The predicted molar refractivity (Wildman–Crippen MR) is 90.5 cm³/mol. The van der Waals surface area contributed by atoms with Gasteiger partial charge in [0.25, 0.3) is 0 Å². The van der Waals surface area contributed by atoms with E-state index in [0.717, 1.165) is 16.4 Å². The molecule has 25 heavy (non-hydrogen) atoms. The number of halogens is 1. The molecule has 0 fully saturated rings. The summed E-state index contributed by atoms with van der Waals surface area (Å²) in [6.45, 7) is 0.367. The van der Waals surface area contributed by atoms with E-state index in [-0.39, 0.29) is 17.3 Å². The summed E-state index contributed by atoms with van der Waals surface area (Å²) in [6, 6.07) is 11.6. The molecule has 1 aliphatic heterocycles. The Labute approximate surface area is 145 Å². The number of benzene rings is 2. The molecule has 3 rings (SSSR count). The molecule has 0 saturated carbocycles. The molecule has 0 unspecified atom stereocenters. The summed E-state index contributed by atoms with van der Waals surface area (Å²) in [5, 5.41) is 0. The van der Waals surface area contributed by atoms with Crippen LogP contribution in [0.2, 0.25) is 0 Å². The molecule has 6 nitrogen and oxygen atoms in total. The standard InChI is InChI=1S/C17H17FN2O4S/c1-19(25(22,23)14-8-6-13(18)7-9-14)12-17(21)20-10-11-24-16-5-3-2-4-15(16)20/h2-9H,10-12H2,1H3. The third kappa shape index (κ3) is 3.49. The largest absolute Gasteiger partial charge is 0.490 e. The lowest BCUT2D eigenvalue weighted by Crippen LogP contribution is -2.44. The predicted octanol–water partition coefficient (Wildman–Crippen LogP) is 1.87. The first-order valence-electron chi connectivity index (χ1n) is 7.64. The fourth-order valence-electron chi connectivity index (χ4n) is 2.58. The van der Waals surface area contributed by atoms with Gasteiger partial charge in [-0.3, -0.25) is 4.79 Å². The van der Waals surface area contributed by atoms with Gasteiger partial charge in [0, 0.05) is 7.05 Å². The van der Waals surface area contributed by atoms with Crippen LogP contribution < -0.4 is 9.64 Å². The van der Waals surface area contributed by atoms with Crippen molar-refractivity contribution in [1.29, 1.82) is 0 Å². The number of para-hydroxylation sites is 2. The van der Waals surface area contributed by atoms with Crippen molar-refractivity contribution in [2.45, 2.75) is 4.90 Å². The Morgan fingerprint density at radius 3 is 2.60 bits per heavy atom. The van der Waals surface area contributed by atoms with Crippen LogP contribution in [0, 0.1) is 5.82 Å². The highest BCUT2D eigenvalue weighted by atomic mass is 32.2. The number of carbonyl (C=O) groups excluding carboxylic acids is 1. The third-order valence-corrected chi connectivity index (χ3v) is 5.73. The maximum atomic E-state index is 13.0. The van der Waals surface area contributed by atoms with E-state index >= 15 is 0 Å². The smallest absolute Gasteiger partial charge is 0.243 e. The normalized spacial score (nSPS) is 14.1. The van der Waals surface area contributed by atoms with Crippen LogP contribution >= 0.6 is 0 Å². The summed E-state index contributed by atoms with van der Waals surface area (Å²) in [5.74, 6) is -0.294. The maximum absolute atomic E-state index is 13.0. The Hall–Kier alpha value is -2.45. The van der Waals surface area contributed by atoms with Crippen molar-refractivity contribution in [2.75, 3.05) is 31.6 Å². The van der Waals surface area contributed by atoms with Gasteiger partial charge in [0.15, 0.2) is 0 Å². The first-order chi connectivity index (χ1) is 11.9. The zero-order valence-electron chi connectivity index (χ0n) is 13.6. The average Bonchev–Trinajstić information content (AvgIpc) is 2.61. The number of ether oxygens (including phenoxy) is 1. The minimum atomic E-state index is -3.88. The van der Waals surface area contributed by atoms with Crippen LogP contribution in [0.3, 0.4) is 0 Å². The molecule has 0 radical (unpaired) electrons. The highest BCUT2D eigenvalue weighted by Crippen LogP contribution is 2.31. The Morgan fingerprint density at radius 1 is 1.20 bits per heavy atom. The van der Waals surface area contributed by atoms with Crippen LogP contribution in [-0.4, -0.2) is 45.4 Å². The third-order valence-electron chi connectivity index (χ3n) is 3.91. The number of hydrogen-bond donors (Lipinski definition) is 0. The molecule has 0 atom stereocenters. The number of carbonyl (C=O) groups is 1. The summed E-state index contributed by atoms with van der Waals surface area (Å²) < 4.78 is 44.5. The van der Waals surface area contributed by atoms with Gasteiger partial charge in [0.1, 0.15) is 18.2 Å². The Balaban J connectivity index is 1.78. The van der Waals surface area contributed by atoms with Crippen LogP contribution in [0.25, 0.3) is 0 Å². The fourth-order valence-corrected chi connectivity index (χ4v) is 3.70. The minimum Gasteiger partial charge on any atom is -0.490 e. The number of anilines is 1. The van der Waals surface area contributed by atoms with E-state index in [2.05, 4.69) is 0 Å². The van der Waals surface area contributed by atoms with Crippen LogP contribution in [-0.2, 0) is 14.8 Å². The maximum Gasteiger partial charge on any atom is 0.243 e. The zero-order valence-corrected chi connectivity index (χ0v) is 14.4. The summed E-state index contributed by atoms with van der Waals surface area (Å²) in [4.78, 5) is 14.1. The van der Waals surface area contributed by atoms with Crippen molar-refractivity contribution in [3.8, 4) is 5.75 Å². The lowest BCUT2D eigenvalue weighted by atomic mass is 10.2. The average molecular weight is 364 g/mol. The molecular weight excluding hydrogens is 347 g/mol. The SMILES string of the molecule is CN(CC(=O)N1CCOc2ccccc21)S(=O)(=O)c1ccc(F)cc1. The van der Waals surface area contributed by atoms with Crippen LogP contribution in [0.5, 0.6) is 5.75 Å². The fraction of sp³-hybridized carbons (Fsp3) is 0.235. The molecule has 0 aromatic heterocycles. The second-order valence-electron chi connectivity index (χ2n) is 5.58. The molecule has 0 N–H and O–H groups in total. The molecule has 2 aromatic rings. The van der Waals surface area contributed by atoms with E-state index in [4.69, 9.17) is 4.74 Å². The summed E-state index contributed by atoms with van der Waals surface area (Å²) >= 11 is 0. The van der Waals surface area contributed by atoms with Crippen molar-refractivity contribution in [2.24, 2.45) is 0 Å². The molecule has 1 amide bonds. The molecule has 1 heterocycles. The van der Waals surface area contributed by atoms with E-state index in [9.17, 15) is 17.6 Å². The van der Waals surface area contributed by atoms with E-state index in [0.29, 0.717) is 24.6 Å². The summed E-state index contributed by atoms with van der Waals surface area (Å²) in [6.07, 6.45) is 0.